The van der Waals surface area contributed by atoms with Gasteiger partial charge in [-0.25, -0.2) is 18.6 Å². The zero-order valence-corrected chi connectivity index (χ0v) is 16.7. The van der Waals surface area contributed by atoms with E-state index >= 15 is 0 Å². The van der Waals surface area contributed by atoms with Crippen LogP contribution >= 0.6 is 0 Å². The number of hydrogen-bond acceptors (Lipinski definition) is 3. The molecule has 0 unspecified atom stereocenters. The van der Waals surface area contributed by atoms with Crippen LogP contribution in [-0.4, -0.2) is 22.0 Å². The Kier molecular flexibility index (Phi) is 5.64. The number of nitrogens with one attached hydrogen (secondary N) is 1. The van der Waals surface area contributed by atoms with Gasteiger partial charge in [0.05, 0.1) is 16.7 Å². The summed E-state index contributed by atoms with van der Waals surface area (Å²) in [4.78, 5) is 28.6. The molecular formula is C23H20F2N2O3. The number of aryl methyl sites for hydroxylation is 1. The van der Waals surface area contributed by atoms with Gasteiger partial charge < -0.3 is 10.4 Å². The maximum absolute atomic E-state index is 13.6. The van der Waals surface area contributed by atoms with Crippen molar-refractivity contribution in [2.75, 3.05) is 5.32 Å². The number of carbonyl (C=O) groups excluding carboxylic acids is 1. The molecule has 5 nitrogen and oxygen atoms in total. The quantitative estimate of drug-likeness (QED) is 0.624. The van der Waals surface area contributed by atoms with E-state index in [2.05, 4.69) is 10.3 Å². The molecule has 3 aromatic rings. The van der Waals surface area contributed by atoms with Crippen LogP contribution in [0.25, 0.3) is 11.3 Å². The summed E-state index contributed by atoms with van der Waals surface area (Å²) in [5.41, 5.74) is 1.23. The van der Waals surface area contributed by atoms with Crippen LogP contribution < -0.4 is 5.32 Å². The zero-order chi connectivity index (χ0) is 22.1. The molecule has 7 heteroatoms. The van der Waals surface area contributed by atoms with Crippen molar-refractivity contribution in [2.45, 2.75) is 26.2 Å². The van der Waals surface area contributed by atoms with E-state index in [-0.39, 0.29) is 11.4 Å². The van der Waals surface area contributed by atoms with Gasteiger partial charge in [-0.2, -0.15) is 0 Å². The topological polar surface area (TPSA) is 79.3 Å². The average Bonchev–Trinajstić information content (AvgIpc) is 2.71. The largest absolute Gasteiger partial charge is 0.478 e. The minimum Gasteiger partial charge on any atom is -0.478 e. The highest BCUT2D eigenvalue weighted by atomic mass is 19.2. The van der Waals surface area contributed by atoms with E-state index in [9.17, 15) is 23.5 Å². The lowest BCUT2D eigenvalue weighted by Gasteiger charge is -2.24. The third kappa shape index (κ3) is 4.20. The molecule has 1 amide bonds. The molecular weight excluding hydrogens is 390 g/mol. The fraction of sp³-hybridized carbons (Fsp3) is 0.174. The Labute approximate surface area is 172 Å². The summed E-state index contributed by atoms with van der Waals surface area (Å²) in [5.74, 6) is -3.25. The van der Waals surface area contributed by atoms with Gasteiger partial charge in [-0.05, 0) is 62.2 Å². The number of aromatic nitrogens is 1. The predicted octanol–water partition coefficient (Wildman–Crippen LogP) is 4.95. The molecule has 2 N–H and O–H groups in total. The Bertz CT molecular complexity index is 1140. The van der Waals surface area contributed by atoms with Crippen LogP contribution in [0.1, 0.15) is 35.3 Å². The van der Waals surface area contributed by atoms with Crippen molar-refractivity contribution in [2.24, 2.45) is 0 Å². The molecule has 0 atom stereocenters. The molecule has 1 heterocycles. The number of rotatable bonds is 5. The highest BCUT2D eigenvalue weighted by molar-refractivity contribution is 5.98. The van der Waals surface area contributed by atoms with Gasteiger partial charge in [-0.3, -0.25) is 4.79 Å². The zero-order valence-electron chi connectivity index (χ0n) is 16.7. The van der Waals surface area contributed by atoms with E-state index < -0.39 is 28.9 Å². The number of hydrogen-bond donors (Lipinski definition) is 2. The lowest BCUT2D eigenvalue weighted by atomic mass is 9.83. The summed E-state index contributed by atoms with van der Waals surface area (Å²) >= 11 is 0. The second-order valence-electron chi connectivity index (χ2n) is 7.46. The molecule has 2 aromatic carbocycles. The maximum atomic E-state index is 13.6. The predicted molar refractivity (Wildman–Crippen MR) is 109 cm³/mol. The molecule has 154 valence electrons. The highest BCUT2D eigenvalue weighted by Crippen LogP contribution is 2.28. The third-order valence-corrected chi connectivity index (χ3v) is 4.93. The fourth-order valence-electron chi connectivity index (χ4n) is 2.98. The molecule has 0 fully saturated rings. The number of carboxylic acids is 1. The van der Waals surface area contributed by atoms with E-state index in [1.54, 1.807) is 38.1 Å². The number of halogens is 2. The first-order valence-corrected chi connectivity index (χ1v) is 9.18. The molecule has 0 spiro atoms. The van der Waals surface area contributed by atoms with Crippen molar-refractivity contribution >= 4 is 17.7 Å². The molecule has 0 bridgehead atoms. The lowest BCUT2D eigenvalue weighted by Crippen LogP contribution is -2.35. The van der Waals surface area contributed by atoms with Gasteiger partial charge in [0, 0.05) is 5.56 Å². The molecule has 0 radical (unpaired) electrons. The van der Waals surface area contributed by atoms with Crippen LogP contribution in [0.4, 0.5) is 14.6 Å². The summed E-state index contributed by atoms with van der Waals surface area (Å²) in [6, 6.07) is 13.1. The van der Waals surface area contributed by atoms with Gasteiger partial charge in [0.25, 0.3) is 0 Å². The van der Waals surface area contributed by atoms with Crippen LogP contribution in [0.5, 0.6) is 0 Å². The second kappa shape index (κ2) is 8.02. The summed E-state index contributed by atoms with van der Waals surface area (Å²) in [5, 5.41) is 11.9. The van der Waals surface area contributed by atoms with Gasteiger partial charge in [0.2, 0.25) is 5.91 Å². The van der Waals surface area contributed by atoms with Crippen molar-refractivity contribution in [3.8, 4) is 11.3 Å². The smallest absolute Gasteiger partial charge is 0.335 e. The normalized spacial score (nSPS) is 11.2. The second-order valence-corrected chi connectivity index (χ2v) is 7.46. The Morgan fingerprint density at radius 2 is 1.73 bits per heavy atom. The van der Waals surface area contributed by atoms with Crippen molar-refractivity contribution in [3.63, 3.8) is 0 Å². The Balaban J connectivity index is 1.91. The molecule has 0 aliphatic rings. The van der Waals surface area contributed by atoms with Crippen molar-refractivity contribution in [1.82, 2.24) is 4.98 Å². The van der Waals surface area contributed by atoms with Gasteiger partial charge in [0.15, 0.2) is 11.6 Å². The van der Waals surface area contributed by atoms with Gasteiger partial charge in [0.1, 0.15) is 5.82 Å². The van der Waals surface area contributed by atoms with Gasteiger partial charge in [-0.15, -0.1) is 0 Å². The summed E-state index contributed by atoms with van der Waals surface area (Å²) in [6.07, 6.45) is 0. The number of benzene rings is 2. The minimum absolute atomic E-state index is 0.127. The van der Waals surface area contributed by atoms with Crippen LogP contribution in [0.3, 0.4) is 0 Å². The molecule has 0 saturated carbocycles. The third-order valence-electron chi connectivity index (χ3n) is 4.93. The Hall–Kier alpha value is -3.61. The molecule has 0 aliphatic carbocycles. The van der Waals surface area contributed by atoms with Crippen molar-refractivity contribution in [3.05, 3.63) is 82.9 Å². The van der Waals surface area contributed by atoms with E-state index in [0.29, 0.717) is 16.8 Å². The van der Waals surface area contributed by atoms with Crippen LogP contribution in [0, 0.1) is 18.6 Å². The van der Waals surface area contributed by atoms with Gasteiger partial charge >= 0.3 is 5.97 Å². The number of carboxylic acid groups (broad SMARTS) is 1. The Morgan fingerprint density at radius 3 is 2.40 bits per heavy atom. The Morgan fingerprint density at radius 1 is 1.00 bits per heavy atom. The van der Waals surface area contributed by atoms with Crippen molar-refractivity contribution < 1.29 is 23.5 Å². The number of pyridine rings is 1. The number of nitrogens with zero attached hydrogens (tertiary/aromatic N) is 1. The van der Waals surface area contributed by atoms with Crippen LogP contribution in [-0.2, 0) is 10.2 Å². The van der Waals surface area contributed by atoms with E-state index in [0.717, 1.165) is 17.7 Å². The number of carbonyl (C=O) groups is 2. The molecule has 3 rings (SSSR count). The lowest BCUT2D eigenvalue weighted by molar-refractivity contribution is -0.120. The standard InChI is InChI=1S/C23H20F2N2O3/c1-13-7-10-19(26-20(13)14-5-4-6-15(11-14)21(28)29)27-22(30)23(2,3)16-8-9-17(24)18(25)12-16/h4-12H,1-3H3,(H,28,29)(H,26,27,30). The summed E-state index contributed by atoms with van der Waals surface area (Å²) in [6.45, 7) is 5.02. The molecule has 0 saturated heterocycles. The maximum Gasteiger partial charge on any atom is 0.335 e. The highest BCUT2D eigenvalue weighted by Gasteiger charge is 2.31. The van der Waals surface area contributed by atoms with Crippen LogP contribution in [0.2, 0.25) is 0 Å². The first kappa shape index (κ1) is 21.1. The summed E-state index contributed by atoms with van der Waals surface area (Å²) in [7, 11) is 0. The first-order chi connectivity index (χ1) is 14.1. The monoisotopic (exact) mass is 410 g/mol. The number of aromatic carboxylic acids is 1. The van der Waals surface area contributed by atoms with E-state index in [1.807, 2.05) is 6.92 Å². The SMILES string of the molecule is Cc1ccc(NC(=O)C(C)(C)c2ccc(F)c(F)c2)nc1-c1cccc(C(=O)O)c1. The van der Waals surface area contributed by atoms with Crippen molar-refractivity contribution in [1.29, 1.82) is 0 Å². The minimum atomic E-state index is -1.15. The molecule has 30 heavy (non-hydrogen) atoms. The van der Waals surface area contributed by atoms with Gasteiger partial charge in [-0.1, -0.05) is 24.3 Å². The van der Waals surface area contributed by atoms with E-state index in [1.165, 1.54) is 18.2 Å². The number of amides is 1. The first-order valence-electron chi connectivity index (χ1n) is 9.18. The average molecular weight is 410 g/mol. The van der Waals surface area contributed by atoms with E-state index in [4.69, 9.17) is 0 Å². The fourth-order valence-corrected chi connectivity index (χ4v) is 2.98. The molecule has 1 aromatic heterocycles. The molecule has 0 aliphatic heterocycles. The van der Waals surface area contributed by atoms with Crippen LogP contribution in [0.15, 0.2) is 54.6 Å². The number of anilines is 1. The summed E-state index contributed by atoms with van der Waals surface area (Å²) < 4.78 is 26.8.